The van der Waals surface area contributed by atoms with Crippen molar-refractivity contribution in [1.82, 2.24) is 9.88 Å². The quantitative estimate of drug-likeness (QED) is 0.253. The summed E-state index contributed by atoms with van der Waals surface area (Å²) in [6.45, 7) is 8.52. The van der Waals surface area contributed by atoms with E-state index in [4.69, 9.17) is 4.74 Å². The topological polar surface area (TPSA) is 104 Å². The number of anilines is 1. The molecule has 1 unspecified atom stereocenters. The van der Waals surface area contributed by atoms with E-state index in [1.165, 1.54) is 24.5 Å². The average molecular weight is 641 g/mol. The van der Waals surface area contributed by atoms with Gasteiger partial charge >= 0.3 is 5.97 Å². The zero-order valence-electron chi connectivity index (χ0n) is 26.8. The number of esters is 1. The fourth-order valence-electron chi connectivity index (χ4n) is 7.90. The lowest BCUT2D eigenvalue weighted by Gasteiger charge is -2.48. The van der Waals surface area contributed by atoms with Gasteiger partial charge in [0.2, 0.25) is 9.84 Å². The molecule has 0 amide bonds. The van der Waals surface area contributed by atoms with Gasteiger partial charge in [0.25, 0.3) is 0 Å². The van der Waals surface area contributed by atoms with Gasteiger partial charge in [-0.25, -0.2) is 8.42 Å². The zero-order chi connectivity index (χ0) is 32.3. The van der Waals surface area contributed by atoms with E-state index in [0.717, 1.165) is 76.1 Å². The summed E-state index contributed by atoms with van der Waals surface area (Å²) in [6.07, 6.45) is 7.32. The van der Waals surface area contributed by atoms with E-state index in [0.29, 0.717) is 5.92 Å². The summed E-state index contributed by atoms with van der Waals surface area (Å²) < 4.78 is 31.9. The van der Waals surface area contributed by atoms with Gasteiger partial charge in [-0.15, -0.1) is 0 Å². The Hall–Kier alpha value is -3.74. The molecule has 3 atom stereocenters. The van der Waals surface area contributed by atoms with Crippen molar-refractivity contribution >= 4 is 21.5 Å². The molecule has 1 saturated carbocycles. The third kappa shape index (κ3) is 6.30. The van der Waals surface area contributed by atoms with Gasteiger partial charge in [-0.3, -0.25) is 9.78 Å². The summed E-state index contributed by atoms with van der Waals surface area (Å²) in [4.78, 5) is 21.9. The van der Waals surface area contributed by atoms with Crippen LogP contribution in [0.3, 0.4) is 0 Å². The van der Waals surface area contributed by atoms with Crippen LogP contribution in [0.25, 0.3) is 0 Å². The number of ether oxygens (including phenoxy) is 1. The van der Waals surface area contributed by atoms with Gasteiger partial charge < -0.3 is 14.5 Å². The molecule has 0 radical (unpaired) electrons. The highest BCUT2D eigenvalue weighted by Gasteiger charge is 2.53. The molecule has 1 aliphatic carbocycles. The first-order valence-electron chi connectivity index (χ1n) is 16.6. The first-order chi connectivity index (χ1) is 22.2. The van der Waals surface area contributed by atoms with Crippen LogP contribution in [0.5, 0.6) is 0 Å². The maximum atomic E-state index is 12.9. The van der Waals surface area contributed by atoms with E-state index in [-0.39, 0.29) is 39.6 Å². The Morgan fingerprint density at radius 1 is 0.957 bits per heavy atom. The Bertz CT molecular complexity index is 1630. The second-order valence-corrected chi connectivity index (χ2v) is 15.5. The number of hydrogen-bond donors (Lipinski definition) is 0. The van der Waals surface area contributed by atoms with Crippen LogP contribution in [-0.4, -0.2) is 63.1 Å². The molecule has 3 fully saturated rings. The van der Waals surface area contributed by atoms with E-state index in [1.54, 1.807) is 12.1 Å². The van der Waals surface area contributed by atoms with Crippen LogP contribution in [0.4, 0.5) is 5.69 Å². The molecule has 3 aromatic rings. The van der Waals surface area contributed by atoms with Gasteiger partial charge in [0.05, 0.1) is 27.2 Å². The molecule has 2 saturated heterocycles. The summed E-state index contributed by atoms with van der Waals surface area (Å²) in [7, 11) is -3.56. The van der Waals surface area contributed by atoms with E-state index in [1.807, 2.05) is 44.2 Å². The van der Waals surface area contributed by atoms with Crippen LogP contribution >= 0.6 is 0 Å². The lowest BCUT2D eigenvalue weighted by Crippen LogP contribution is -2.54. The van der Waals surface area contributed by atoms with E-state index >= 15 is 0 Å². The maximum absolute atomic E-state index is 12.9. The number of nitrogens with zero attached hydrogens (tertiary/aromatic N) is 4. The van der Waals surface area contributed by atoms with Gasteiger partial charge in [0, 0.05) is 49.6 Å². The minimum Gasteiger partial charge on any atom is -0.462 e. The molecule has 46 heavy (non-hydrogen) atoms. The van der Waals surface area contributed by atoms with Gasteiger partial charge in [-0.1, -0.05) is 44.2 Å². The molecule has 2 aromatic carbocycles. The maximum Gasteiger partial charge on any atom is 0.308 e. The number of carbonyl (C=O) groups is 1. The number of aromatic nitrogens is 1. The first kappa shape index (κ1) is 32.2. The number of hydrogen-bond acceptors (Lipinski definition) is 8. The van der Waals surface area contributed by atoms with Crippen molar-refractivity contribution in [3.63, 3.8) is 0 Å². The van der Waals surface area contributed by atoms with Crippen molar-refractivity contribution in [1.29, 1.82) is 5.26 Å². The molecule has 8 nitrogen and oxygen atoms in total. The average Bonchev–Trinajstić information content (AvgIpc) is 3.53. The Morgan fingerprint density at radius 3 is 2.24 bits per heavy atom. The van der Waals surface area contributed by atoms with Gasteiger partial charge in [0.1, 0.15) is 6.10 Å². The number of sulfone groups is 1. The fraction of sp³-hybridized carbons (Fsp3) is 0.486. The number of likely N-dealkylation sites (tertiary alicyclic amines) is 1. The van der Waals surface area contributed by atoms with Crippen molar-refractivity contribution in [3.8, 4) is 6.07 Å². The summed E-state index contributed by atoms with van der Waals surface area (Å²) in [5.41, 5.74) is 1.41. The lowest BCUT2D eigenvalue weighted by molar-refractivity contribution is -0.156. The molecule has 6 rings (SSSR count). The Balaban J connectivity index is 1.07. The molecule has 0 N–H and O–H groups in total. The largest absolute Gasteiger partial charge is 0.462 e. The third-order valence-electron chi connectivity index (χ3n) is 10.4. The molecule has 3 heterocycles. The minimum absolute atomic E-state index is 0.00887. The molecule has 242 valence electrons. The smallest absolute Gasteiger partial charge is 0.308 e. The van der Waals surface area contributed by atoms with Crippen LogP contribution in [-0.2, 0) is 24.8 Å². The van der Waals surface area contributed by atoms with Crippen molar-refractivity contribution < 1.29 is 17.9 Å². The Kier molecular flexibility index (Phi) is 9.49. The summed E-state index contributed by atoms with van der Waals surface area (Å²) >= 11 is 0. The van der Waals surface area contributed by atoms with Crippen LogP contribution in [0.1, 0.15) is 51.5 Å². The first-order valence-corrected chi connectivity index (χ1v) is 18.1. The monoisotopic (exact) mass is 640 g/mol. The third-order valence-corrected chi connectivity index (χ3v) is 12.2. The number of piperidine rings is 1. The fourth-order valence-corrected chi connectivity index (χ4v) is 9.15. The van der Waals surface area contributed by atoms with E-state index < -0.39 is 15.3 Å². The molecule has 3 aliphatic rings. The number of carbonyl (C=O) groups excluding carboxylic acids is 1. The molecule has 1 aromatic heterocycles. The molecule has 2 aliphatic heterocycles. The summed E-state index contributed by atoms with van der Waals surface area (Å²) in [5, 5.41) is 11.0. The zero-order valence-corrected chi connectivity index (χ0v) is 27.6. The highest BCUT2D eigenvalue weighted by atomic mass is 32.2. The lowest BCUT2D eigenvalue weighted by atomic mass is 9.59. The van der Waals surface area contributed by atoms with Crippen molar-refractivity contribution in [2.45, 2.75) is 67.3 Å². The summed E-state index contributed by atoms with van der Waals surface area (Å²) in [6, 6.07) is 23.3. The standard InChI is InChI=1S/C37H44N4O4S/c1-27(2)36(42)45-35-10-6-9-34(35)37(26-38,29-7-4-3-5-8-29)30-17-21-40(22-18-30)23-28-24-41(25-28)31-11-13-32(14-12-31)46(43,44)33-15-19-39-20-16-33/h3-5,7-8,11-16,19-20,27-28,30,34-35H,6,9-10,17-18,21-25H2,1-2H3/t34-,35-,37?/m1/s1. The SMILES string of the molecule is CC(C)C(=O)O[C@@H]1CCC[C@H]1C(C#N)(c1ccccc1)C1CCN(CC2CN(c3ccc(S(=O)(=O)c4ccncc4)cc3)C2)CC1. The van der Waals surface area contributed by atoms with Crippen LogP contribution in [0, 0.1) is 35.0 Å². The second kappa shape index (κ2) is 13.5. The molecule has 0 bridgehead atoms. The normalized spacial score (nSPS) is 22.6. The Labute approximate surface area is 273 Å². The summed E-state index contributed by atoms with van der Waals surface area (Å²) in [5.74, 6) is 0.367. The molecule has 0 spiro atoms. The minimum atomic E-state index is -3.56. The highest BCUT2D eigenvalue weighted by Crippen LogP contribution is 2.51. The number of rotatable bonds is 10. The predicted molar refractivity (Wildman–Crippen MR) is 177 cm³/mol. The Morgan fingerprint density at radius 2 is 1.61 bits per heavy atom. The van der Waals surface area contributed by atoms with Crippen LogP contribution < -0.4 is 4.90 Å². The van der Waals surface area contributed by atoms with Gasteiger partial charge in [0.15, 0.2) is 0 Å². The van der Waals surface area contributed by atoms with Crippen LogP contribution in [0.15, 0.2) is 88.9 Å². The highest BCUT2D eigenvalue weighted by molar-refractivity contribution is 7.91. The van der Waals surface area contributed by atoms with E-state index in [2.05, 4.69) is 33.0 Å². The second-order valence-electron chi connectivity index (χ2n) is 13.5. The number of benzene rings is 2. The van der Waals surface area contributed by atoms with Crippen molar-refractivity contribution in [3.05, 3.63) is 84.7 Å². The van der Waals surface area contributed by atoms with E-state index in [9.17, 15) is 18.5 Å². The van der Waals surface area contributed by atoms with Gasteiger partial charge in [-0.2, -0.15) is 5.26 Å². The van der Waals surface area contributed by atoms with Crippen LogP contribution in [0.2, 0.25) is 0 Å². The number of nitriles is 1. The van der Waals surface area contributed by atoms with Crippen molar-refractivity contribution in [2.75, 3.05) is 37.6 Å². The predicted octanol–water partition coefficient (Wildman–Crippen LogP) is 5.89. The molecule has 9 heteroatoms. The number of pyridine rings is 1. The van der Waals surface area contributed by atoms with Crippen molar-refractivity contribution in [2.24, 2.45) is 23.7 Å². The molecular formula is C37H44N4O4S. The molecular weight excluding hydrogens is 596 g/mol. The van der Waals surface area contributed by atoms with Gasteiger partial charge in [-0.05, 0) is 93.1 Å².